The summed E-state index contributed by atoms with van der Waals surface area (Å²) in [5.41, 5.74) is 6.22. The fraction of sp³-hybridized carbons (Fsp3) is 0.750. The molecule has 7 heteroatoms. The first-order valence-corrected chi connectivity index (χ1v) is 12.0. The molecule has 0 saturated carbocycles. The van der Waals surface area contributed by atoms with Crippen molar-refractivity contribution in [1.29, 1.82) is 0 Å². The van der Waals surface area contributed by atoms with Crippen LogP contribution in [0.1, 0.15) is 40.2 Å². The van der Waals surface area contributed by atoms with E-state index in [1.807, 2.05) is 13.2 Å². The van der Waals surface area contributed by atoms with Crippen molar-refractivity contribution >= 4 is 25.9 Å². The predicted molar refractivity (Wildman–Crippen MR) is 100 cm³/mol. The molecule has 0 saturated heterocycles. The van der Waals surface area contributed by atoms with E-state index >= 15 is 0 Å². The molecule has 0 aliphatic rings. The zero-order valence-corrected chi connectivity index (χ0v) is 17.4. The number of rotatable bonds is 6. The Labute approximate surface area is 145 Å². The van der Waals surface area contributed by atoms with E-state index in [4.69, 9.17) is 10.2 Å². The van der Waals surface area contributed by atoms with Crippen molar-refractivity contribution in [1.82, 2.24) is 9.97 Å². The Morgan fingerprint density at radius 2 is 1.91 bits per heavy atom. The van der Waals surface area contributed by atoms with Crippen molar-refractivity contribution in [3.05, 3.63) is 11.8 Å². The lowest BCUT2D eigenvalue weighted by atomic mass is 9.79. The summed E-state index contributed by atoms with van der Waals surface area (Å²) in [6.07, 6.45) is 3.00. The third-order valence-electron chi connectivity index (χ3n) is 5.06. The molecule has 0 radical (unpaired) electrons. The molecule has 3 N–H and O–H groups in total. The van der Waals surface area contributed by atoms with Gasteiger partial charge in [0.15, 0.2) is 13.5 Å². The highest BCUT2D eigenvalue weighted by atomic mass is 32.2. The molecule has 0 spiro atoms. The first-order chi connectivity index (χ1) is 10.3. The van der Waals surface area contributed by atoms with Crippen molar-refractivity contribution in [2.75, 3.05) is 18.6 Å². The minimum Gasteiger partial charge on any atom is -0.416 e. The van der Waals surface area contributed by atoms with Gasteiger partial charge in [-0.1, -0.05) is 39.5 Å². The maximum atomic E-state index is 10.4. The lowest BCUT2D eigenvalue weighted by Crippen LogP contribution is -2.48. The first-order valence-electron chi connectivity index (χ1n) is 7.84. The van der Waals surface area contributed by atoms with Gasteiger partial charge in [-0.15, -0.1) is 0 Å². The van der Waals surface area contributed by atoms with E-state index in [2.05, 4.69) is 43.8 Å². The minimum atomic E-state index is -1.93. The van der Waals surface area contributed by atoms with Crippen molar-refractivity contribution in [2.24, 2.45) is 0 Å². The number of aliphatic hydroxyl groups excluding tert-OH is 1. The monoisotopic (exact) mass is 357 g/mol. The Kier molecular flexibility index (Phi) is 6.29. The van der Waals surface area contributed by atoms with E-state index in [-0.39, 0.29) is 5.04 Å². The molecular formula is C16H31N3O2SSi. The van der Waals surface area contributed by atoms with Gasteiger partial charge in [0.2, 0.25) is 0 Å². The Morgan fingerprint density at radius 3 is 2.30 bits per heavy atom. The fourth-order valence-corrected chi connectivity index (χ4v) is 3.33. The molecule has 1 rings (SSSR count). The Bertz CT molecular complexity index is 547. The maximum Gasteiger partial charge on any atom is 0.192 e. The van der Waals surface area contributed by atoms with Crippen LogP contribution in [0.2, 0.25) is 18.1 Å². The highest BCUT2D eigenvalue weighted by molar-refractivity contribution is 7.98. The molecule has 132 valence electrons. The maximum absolute atomic E-state index is 10.4. The summed E-state index contributed by atoms with van der Waals surface area (Å²) in [6, 6.07) is 0. The molecule has 1 aromatic heterocycles. The van der Waals surface area contributed by atoms with Gasteiger partial charge in [-0.3, -0.25) is 0 Å². The van der Waals surface area contributed by atoms with Gasteiger partial charge < -0.3 is 15.3 Å². The van der Waals surface area contributed by atoms with Gasteiger partial charge in [0.1, 0.15) is 5.82 Å². The van der Waals surface area contributed by atoms with Crippen molar-refractivity contribution < 1.29 is 9.53 Å². The average molecular weight is 358 g/mol. The van der Waals surface area contributed by atoms with Crippen LogP contribution in [0.15, 0.2) is 11.4 Å². The van der Waals surface area contributed by atoms with Crippen LogP contribution in [0.4, 0.5) is 5.82 Å². The third-order valence-corrected chi connectivity index (χ3v) is 10.1. The molecule has 23 heavy (non-hydrogen) atoms. The molecule has 5 nitrogen and oxygen atoms in total. The summed E-state index contributed by atoms with van der Waals surface area (Å²) in [6.45, 7) is 15.1. The number of aliphatic hydroxyl groups is 1. The lowest BCUT2D eigenvalue weighted by Gasteiger charge is -2.41. The van der Waals surface area contributed by atoms with Crippen LogP contribution in [0.3, 0.4) is 0 Å². The van der Waals surface area contributed by atoms with Gasteiger partial charge in [-0.05, 0) is 31.3 Å². The van der Waals surface area contributed by atoms with E-state index in [1.165, 1.54) is 11.8 Å². The summed E-state index contributed by atoms with van der Waals surface area (Å²) in [5.74, 6) is 0.409. The SMILES string of the molecule is CSc1ncc([C@@](C)(CO[Si](C)(C)C(C)(C)C)[C@@H](C)O)c(N)n1. The van der Waals surface area contributed by atoms with E-state index < -0.39 is 19.8 Å². The highest BCUT2D eigenvalue weighted by Gasteiger charge is 2.42. The van der Waals surface area contributed by atoms with Gasteiger partial charge >= 0.3 is 0 Å². The van der Waals surface area contributed by atoms with Crippen molar-refractivity contribution in [3.63, 3.8) is 0 Å². The number of thioether (sulfide) groups is 1. The molecule has 0 unspecified atom stereocenters. The first kappa shape index (κ1) is 20.4. The van der Waals surface area contributed by atoms with Crippen LogP contribution in [-0.2, 0) is 9.84 Å². The summed E-state index contributed by atoms with van der Waals surface area (Å²) >= 11 is 1.44. The normalized spacial score (nSPS) is 16.9. The fourth-order valence-electron chi connectivity index (χ4n) is 1.89. The summed E-state index contributed by atoms with van der Waals surface area (Å²) in [4.78, 5) is 8.62. The molecule has 0 amide bonds. The Balaban J connectivity index is 3.14. The summed E-state index contributed by atoms with van der Waals surface area (Å²) in [7, 11) is -1.93. The third kappa shape index (κ3) is 4.46. The van der Waals surface area contributed by atoms with E-state index in [9.17, 15) is 5.11 Å². The number of aromatic nitrogens is 2. The number of nitrogens with zero attached hydrogens (tertiary/aromatic N) is 2. The van der Waals surface area contributed by atoms with E-state index in [0.29, 0.717) is 17.6 Å². The molecule has 0 bridgehead atoms. The minimum absolute atomic E-state index is 0.108. The molecular weight excluding hydrogens is 326 g/mol. The van der Waals surface area contributed by atoms with Crippen LogP contribution in [0, 0.1) is 0 Å². The molecule has 1 heterocycles. The number of anilines is 1. The van der Waals surface area contributed by atoms with Gasteiger partial charge in [-0.2, -0.15) is 0 Å². The van der Waals surface area contributed by atoms with Crippen molar-refractivity contribution in [3.8, 4) is 0 Å². The van der Waals surface area contributed by atoms with Gasteiger partial charge in [0, 0.05) is 23.8 Å². The Hall–Kier alpha value is -0.633. The summed E-state index contributed by atoms with van der Waals surface area (Å²) in [5, 5.41) is 11.1. The highest BCUT2D eigenvalue weighted by Crippen LogP contribution is 2.39. The number of hydrogen-bond donors (Lipinski definition) is 2. The quantitative estimate of drug-likeness (QED) is 0.461. The van der Waals surface area contributed by atoms with Gasteiger partial charge in [0.25, 0.3) is 0 Å². The molecule has 0 aliphatic carbocycles. The predicted octanol–water partition coefficient (Wildman–Crippen LogP) is 3.44. The molecule has 2 atom stereocenters. The topological polar surface area (TPSA) is 81.3 Å². The molecule has 0 aromatic carbocycles. The number of nitrogens with two attached hydrogens (primary N) is 1. The van der Waals surface area contributed by atoms with Crippen LogP contribution in [0.25, 0.3) is 0 Å². The largest absolute Gasteiger partial charge is 0.416 e. The molecule has 0 aliphatic heterocycles. The number of hydrogen-bond acceptors (Lipinski definition) is 6. The second-order valence-corrected chi connectivity index (χ2v) is 13.4. The van der Waals surface area contributed by atoms with E-state index in [1.54, 1.807) is 13.1 Å². The number of nitrogen functional groups attached to an aromatic ring is 1. The van der Waals surface area contributed by atoms with Crippen LogP contribution in [0.5, 0.6) is 0 Å². The molecule has 1 aromatic rings. The second kappa shape index (κ2) is 7.09. The van der Waals surface area contributed by atoms with E-state index in [0.717, 1.165) is 5.56 Å². The zero-order valence-electron chi connectivity index (χ0n) is 15.6. The standard InChI is InChI=1S/C16H31N3O2SSi/c1-11(20)16(5,10-21-23(7,8)15(2,3)4)12-9-18-14(22-6)19-13(12)17/h9,11,20H,10H2,1-8H3,(H2,17,18,19)/t11-,16+/m1/s1. The summed E-state index contributed by atoms with van der Waals surface area (Å²) < 4.78 is 6.35. The van der Waals surface area contributed by atoms with Crippen LogP contribution < -0.4 is 5.73 Å². The smallest absolute Gasteiger partial charge is 0.192 e. The van der Waals surface area contributed by atoms with Gasteiger partial charge in [-0.25, -0.2) is 9.97 Å². The van der Waals surface area contributed by atoms with Crippen LogP contribution >= 0.6 is 11.8 Å². The zero-order chi connectivity index (χ0) is 18.1. The van der Waals surface area contributed by atoms with Crippen molar-refractivity contribution in [2.45, 2.75) is 69.4 Å². The molecule has 0 fully saturated rings. The second-order valence-electron chi connectivity index (χ2n) is 7.80. The Morgan fingerprint density at radius 1 is 1.35 bits per heavy atom. The van der Waals surface area contributed by atoms with Gasteiger partial charge in [0.05, 0.1) is 6.10 Å². The average Bonchev–Trinajstić information content (AvgIpc) is 2.43. The van der Waals surface area contributed by atoms with Crippen LogP contribution in [-0.4, -0.2) is 42.4 Å². The lowest BCUT2D eigenvalue weighted by molar-refractivity contribution is 0.0649.